The Balaban J connectivity index is 0.00000264. The lowest BCUT2D eigenvalue weighted by molar-refractivity contribution is -0.126. The van der Waals surface area contributed by atoms with Gasteiger partial charge >= 0.3 is 0 Å². The predicted molar refractivity (Wildman–Crippen MR) is 93.9 cm³/mol. The van der Waals surface area contributed by atoms with Crippen molar-refractivity contribution in [2.45, 2.75) is 32.9 Å². The van der Waals surface area contributed by atoms with Crippen LogP contribution in [0.3, 0.4) is 0 Å². The Morgan fingerprint density at radius 2 is 1.57 bits per heavy atom. The van der Waals surface area contributed by atoms with Gasteiger partial charge in [-0.05, 0) is 32.9 Å². The van der Waals surface area contributed by atoms with E-state index in [-0.39, 0.29) is 36.3 Å². The van der Waals surface area contributed by atoms with Crippen LogP contribution in [-0.4, -0.2) is 59.9 Å². The van der Waals surface area contributed by atoms with Gasteiger partial charge in [0, 0.05) is 37.8 Å². The number of hydrogen-bond acceptors (Lipinski definition) is 3. The summed E-state index contributed by atoms with van der Waals surface area (Å²) in [6, 6.07) is 9.33. The number of carbonyl (C=O) groups excluding carboxylic acids is 2. The van der Waals surface area contributed by atoms with E-state index < -0.39 is 0 Å². The number of hydrogen-bond donors (Lipinski definition) is 1. The van der Waals surface area contributed by atoms with Crippen LogP contribution in [0, 0.1) is 0 Å². The van der Waals surface area contributed by atoms with Crippen LogP contribution < -0.4 is 5.32 Å². The van der Waals surface area contributed by atoms with Crippen LogP contribution in [0.15, 0.2) is 30.3 Å². The number of carbonyl (C=O) groups is 2. The molecular formula is C17H26ClN3O2. The van der Waals surface area contributed by atoms with E-state index in [4.69, 9.17) is 0 Å². The average molecular weight is 340 g/mol. The van der Waals surface area contributed by atoms with Crippen LogP contribution >= 0.6 is 12.4 Å². The van der Waals surface area contributed by atoms with Crippen molar-refractivity contribution in [2.24, 2.45) is 0 Å². The molecule has 0 spiro atoms. The van der Waals surface area contributed by atoms with Crippen molar-refractivity contribution in [3.63, 3.8) is 0 Å². The zero-order chi connectivity index (χ0) is 16.1. The molecule has 1 atom stereocenters. The number of nitrogens with one attached hydrogen (secondary N) is 1. The summed E-state index contributed by atoms with van der Waals surface area (Å²) in [4.78, 5) is 28.4. The molecule has 0 radical (unpaired) electrons. The molecule has 6 heteroatoms. The van der Waals surface area contributed by atoms with Crippen molar-refractivity contribution in [1.29, 1.82) is 0 Å². The van der Waals surface area contributed by atoms with Crippen molar-refractivity contribution < 1.29 is 9.59 Å². The molecule has 1 saturated heterocycles. The first kappa shape index (κ1) is 19.5. The lowest BCUT2D eigenvalue weighted by Gasteiger charge is -2.37. The van der Waals surface area contributed by atoms with E-state index in [1.807, 2.05) is 56.0 Å². The number of piperazine rings is 1. The Morgan fingerprint density at radius 3 is 2.09 bits per heavy atom. The normalized spacial score (nSPS) is 16.6. The highest BCUT2D eigenvalue weighted by atomic mass is 35.5. The molecule has 128 valence electrons. The fourth-order valence-electron chi connectivity index (χ4n) is 2.65. The maximum atomic E-state index is 12.4. The van der Waals surface area contributed by atoms with E-state index >= 15 is 0 Å². The molecule has 23 heavy (non-hydrogen) atoms. The SMILES string of the molecule is CC(C)NC(=O)C(C)N1CCN(C(=O)c2ccccc2)CC1.Cl. The Hall–Kier alpha value is -1.59. The summed E-state index contributed by atoms with van der Waals surface area (Å²) >= 11 is 0. The van der Waals surface area contributed by atoms with Crippen LogP contribution in [0.2, 0.25) is 0 Å². The highest BCUT2D eigenvalue weighted by Crippen LogP contribution is 2.11. The molecule has 1 unspecified atom stereocenters. The lowest BCUT2D eigenvalue weighted by atomic mass is 10.1. The van der Waals surface area contributed by atoms with E-state index in [1.165, 1.54) is 0 Å². The van der Waals surface area contributed by atoms with Gasteiger partial charge in [0.05, 0.1) is 6.04 Å². The van der Waals surface area contributed by atoms with E-state index in [2.05, 4.69) is 10.2 Å². The molecule has 0 aliphatic carbocycles. The monoisotopic (exact) mass is 339 g/mol. The zero-order valence-corrected chi connectivity index (χ0v) is 14.8. The Morgan fingerprint density at radius 1 is 1.00 bits per heavy atom. The van der Waals surface area contributed by atoms with Gasteiger partial charge in [-0.15, -0.1) is 12.4 Å². The molecule has 1 aromatic carbocycles. The first-order chi connectivity index (χ1) is 10.5. The summed E-state index contributed by atoms with van der Waals surface area (Å²) < 4.78 is 0. The van der Waals surface area contributed by atoms with Gasteiger partial charge in [0.15, 0.2) is 0 Å². The van der Waals surface area contributed by atoms with Crippen molar-refractivity contribution in [2.75, 3.05) is 26.2 Å². The van der Waals surface area contributed by atoms with Crippen LogP contribution in [0.4, 0.5) is 0 Å². The standard InChI is InChI=1S/C17H25N3O2.ClH/c1-13(2)18-16(21)14(3)19-9-11-20(12-10-19)17(22)15-7-5-4-6-8-15;/h4-8,13-14H,9-12H2,1-3H3,(H,18,21);1H. The van der Waals surface area contributed by atoms with Gasteiger partial charge in [0.25, 0.3) is 5.91 Å². The minimum Gasteiger partial charge on any atom is -0.353 e. The third kappa shape index (κ3) is 5.22. The van der Waals surface area contributed by atoms with Gasteiger partial charge in [-0.2, -0.15) is 0 Å². The highest BCUT2D eigenvalue weighted by Gasteiger charge is 2.27. The molecule has 1 aliphatic rings. The summed E-state index contributed by atoms with van der Waals surface area (Å²) in [5.41, 5.74) is 0.724. The van der Waals surface area contributed by atoms with Crippen LogP contribution in [-0.2, 0) is 4.79 Å². The molecule has 0 aromatic heterocycles. The zero-order valence-electron chi connectivity index (χ0n) is 14.0. The van der Waals surface area contributed by atoms with Crippen molar-refractivity contribution in [1.82, 2.24) is 15.1 Å². The molecule has 1 aromatic rings. The summed E-state index contributed by atoms with van der Waals surface area (Å²) in [6.07, 6.45) is 0. The summed E-state index contributed by atoms with van der Waals surface area (Å²) in [6.45, 7) is 8.62. The predicted octanol–water partition coefficient (Wildman–Crippen LogP) is 1.78. The average Bonchev–Trinajstić information content (AvgIpc) is 2.54. The largest absolute Gasteiger partial charge is 0.353 e. The third-order valence-corrected chi connectivity index (χ3v) is 3.98. The Kier molecular flexibility index (Phi) is 7.52. The molecule has 1 aliphatic heterocycles. The quantitative estimate of drug-likeness (QED) is 0.909. The van der Waals surface area contributed by atoms with Crippen molar-refractivity contribution >= 4 is 24.2 Å². The molecule has 0 bridgehead atoms. The third-order valence-electron chi connectivity index (χ3n) is 3.98. The molecule has 2 rings (SSSR count). The van der Waals surface area contributed by atoms with E-state index in [0.29, 0.717) is 13.1 Å². The lowest BCUT2D eigenvalue weighted by Crippen LogP contribution is -2.55. The molecule has 0 saturated carbocycles. The molecule has 2 amide bonds. The summed E-state index contributed by atoms with van der Waals surface area (Å²) in [7, 11) is 0. The highest BCUT2D eigenvalue weighted by molar-refractivity contribution is 5.94. The van der Waals surface area contributed by atoms with E-state index in [0.717, 1.165) is 18.7 Å². The number of halogens is 1. The first-order valence-electron chi connectivity index (χ1n) is 7.88. The van der Waals surface area contributed by atoms with Gasteiger partial charge in [0.1, 0.15) is 0 Å². The van der Waals surface area contributed by atoms with Crippen molar-refractivity contribution in [3.05, 3.63) is 35.9 Å². The Bertz CT molecular complexity index is 514. The van der Waals surface area contributed by atoms with Crippen LogP contribution in [0.25, 0.3) is 0 Å². The maximum absolute atomic E-state index is 12.4. The second-order valence-electron chi connectivity index (χ2n) is 6.03. The fraction of sp³-hybridized carbons (Fsp3) is 0.529. The second-order valence-corrected chi connectivity index (χ2v) is 6.03. The van der Waals surface area contributed by atoms with Gasteiger partial charge < -0.3 is 10.2 Å². The van der Waals surface area contributed by atoms with Gasteiger partial charge in [-0.25, -0.2) is 0 Å². The van der Waals surface area contributed by atoms with Gasteiger partial charge in [-0.3, -0.25) is 14.5 Å². The number of nitrogens with zero attached hydrogens (tertiary/aromatic N) is 2. The maximum Gasteiger partial charge on any atom is 0.253 e. The Labute approximate surface area is 144 Å². The van der Waals surface area contributed by atoms with Crippen molar-refractivity contribution in [3.8, 4) is 0 Å². The van der Waals surface area contributed by atoms with E-state index in [1.54, 1.807) is 0 Å². The van der Waals surface area contributed by atoms with Crippen LogP contribution in [0.1, 0.15) is 31.1 Å². The summed E-state index contributed by atoms with van der Waals surface area (Å²) in [5, 5.41) is 2.94. The van der Waals surface area contributed by atoms with Gasteiger partial charge in [-0.1, -0.05) is 18.2 Å². The van der Waals surface area contributed by atoms with E-state index in [9.17, 15) is 9.59 Å². The second kappa shape index (κ2) is 8.89. The number of rotatable bonds is 4. The first-order valence-corrected chi connectivity index (χ1v) is 7.88. The van der Waals surface area contributed by atoms with Gasteiger partial charge in [0.2, 0.25) is 5.91 Å². The fourth-order valence-corrected chi connectivity index (χ4v) is 2.65. The smallest absolute Gasteiger partial charge is 0.253 e. The molecule has 5 nitrogen and oxygen atoms in total. The minimum atomic E-state index is -0.156. The number of benzene rings is 1. The topological polar surface area (TPSA) is 52.7 Å². The molecule has 1 N–H and O–H groups in total. The number of amides is 2. The molecule has 1 fully saturated rings. The minimum absolute atomic E-state index is 0. The molecular weight excluding hydrogens is 314 g/mol. The van der Waals surface area contributed by atoms with Crippen LogP contribution in [0.5, 0.6) is 0 Å². The molecule has 1 heterocycles. The summed E-state index contributed by atoms with van der Waals surface area (Å²) in [5.74, 6) is 0.123.